The minimum absolute atomic E-state index is 0.0789. The number of hydrogen-bond acceptors (Lipinski definition) is 5. The quantitative estimate of drug-likeness (QED) is 0.778. The van der Waals surface area contributed by atoms with Gasteiger partial charge < -0.3 is 19.7 Å². The normalized spacial score (nSPS) is 21.0. The fourth-order valence-electron chi connectivity index (χ4n) is 4.75. The van der Waals surface area contributed by atoms with Crippen LogP contribution in [0.2, 0.25) is 0 Å². The van der Waals surface area contributed by atoms with Crippen LogP contribution >= 0.6 is 0 Å². The molecular formula is C22H32N4O3. The van der Waals surface area contributed by atoms with Gasteiger partial charge in [0.1, 0.15) is 5.76 Å². The number of nitrogens with zero attached hydrogens (tertiary/aromatic N) is 3. The van der Waals surface area contributed by atoms with Gasteiger partial charge in [-0.25, -0.2) is 0 Å². The summed E-state index contributed by atoms with van der Waals surface area (Å²) in [7, 11) is 3.70. The highest BCUT2D eigenvalue weighted by Gasteiger charge is 2.33. The van der Waals surface area contributed by atoms with Gasteiger partial charge in [0.15, 0.2) is 5.69 Å². The van der Waals surface area contributed by atoms with E-state index >= 15 is 0 Å². The Morgan fingerprint density at radius 3 is 2.93 bits per heavy atom. The molecule has 4 rings (SSSR count). The minimum Gasteiger partial charge on any atom is -0.467 e. The molecule has 2 aromatic rings. The highest BCUT2D eigenvalue weighted by atomic mass is 16.3. The van der Waals surface area contributed by atoms with E-state index in [9.17, 15) is 9.90 Å². The lowest BCUT2D eigenvalue weighted by atomic mass is 9.84. The summed E-state index contributed by atoms with van der Waals surface area (Å²) in [4.78, 5) is 14.7. The highest BCUT2D eigenvalue weighted by molar-refractivity contribution is 5.94. The van der Waals surface area contributed by atoms with E-state index in [1.54, 1.807) is 18.2 Å². The second kappa shape index (κ2) is 8.32. The molecule has 0 aliphatic heterocycles. The maximum absolute atomic E-state index is 13.1. The van der Waals surface area contributed by atoms with Crippen LogP contribution in [0, 0.1) is 0 Å². The SMILES string of the molecule is CN(Cc1ccco1)C(=O)c1nn(C)c2c1CC(NCC1(O)CCCCC1)CC2. The summed E-state index contributed by atoms with van der Waals surface area (Å²) in [6.45, 7) is 1.06. The second-order valence-electron chi connectivity index (χ2n) is 8.74. The third-order valence-corrected chi connectivity index (χ3v) is 6.48. The summed E-state index contributed by atoms with van der Waals surface area (Å²) < 4.78 is 7.23. The molecule has 29 heavy (non-hydrogen) atoms. The summed E-state index contributed by atoms with van der Waals surface area (Å²) >= 11 is 0. The third-order valence-electron chi connectivity index (χ3n) is 6.48. The molecule has 1 atom stereocenters. The van der Waals surface area contributed by atoms with Crippen molar-refractivity contribution in [1.29, 1.82) is 0 Å². The molecule has 2 aromatic heterocycles. The zero-order chi connectivity index (χ0) is 20.4. The smallest absolute Gasteiger partial charge is 0.274 e. The average Bonchev–Trinajstić information content (AvgIpc) is 3.34. The second-order valence-corrected chi connectivity index (χ2v) is 8.74. The number of carbonyl (C=O) groups excluding carboxylic acids is 1. The van der Waals surface area contributed by atoms with E-state index in [1.165, 1.54) is 6.42 Å². The lowest BCUT2D eigenvalue weighted by Crippen LogP contribution is -2.47. The van der Waals surface area contributed by atoms with Crippen LogP contribution in [0.25, 0.3) is 0 Å². The Kier molecular flexibility index (Phi) is 5.79. The van der Waals surface area contributed by atoms with E-state index in [2.05, 4.69) is 10.4 Å². The Hall–Kier alpha value is -2.12. The van der Waals surface area contributed by atoms with Crippen LogP contribution in [0.3, 0.4) is 0 Å². The van der Waals surface area contributed by atoms with Crippen LogP contribution in [0.1, 0.15) is 66.0 Å². The fraction of sp³-hybridized carbons (Fsp3) is 0.636. The van der Waals surface area contributed by atoms with Crippen molar-refractivity contribution in [3.05, 3.63) is 41.1 Å². The third kappa shape index (κ3) is 4.41. The molecule has 2 heterocycles. The Morgan fingerprint density at radius 1 is 1.41 bits per heavy atom. The summed E-state index contributed by atoms with van der Waals surface area (Å²) in [5.74, 6) is 0.677. The zero-order valence-corrected chi connectivity index (χ0v) is 17.5. The van der Waals surface area contributed by atoms with Gasteiger partial charge in [-0.1, -0.05) is 19.3 Å². The van der Waals surface area contributed by atoms with Crippen molar-refractivity contribution in [2.24, 2.45) is 7.05 Å². The Balaban J connectivity index is 1.44. The van der Waals surface area contributed by atoms with Gasteiger partial charge in [-0.15, -0.1) is 0 Å². The van der Waals surface area contributed by atoms with Gasteiger partial charge in [-0.05, 0) is 44.2 Å². The first-order valence-corrected chi connectivity index (χ1v) is 10.7. The number of hydrogen-bond donors (Lipinski definition) is 2. The molecule has 0 radical (unpaired) electrons. The number of aliphatic hydroxyl groups is 1. The van der Waals surface area contributed by atoms with Gasteiger partial charge in [0.05, 0.1) is 18.4 Å². The number of rotatable bonds is 6. The zero-order valence-electron chi connectivity index (χ0n) is 17.5. The van der Waals surface area contributed by atoms with Crippen LogP contribution in [0.4, 0.5) is 0 Å². The summed E-state index contributed by atoms with van der Waals surface area (Å²) in [5, 5.41) is 18.9. The Morgan fingerprint density at radius 2 is 2.21 bits per heavy atom. The molecule has 2 aliphatic carbocycles. The standard InChI is InChI=1S/C22H32N4O3/c1-25(14-17-7-6-12-29-17)21(27)20-18-13-16(8-9-19(18)26(2)24-20)23-15-22(28)10-4-3-5-11-22/h6-7,12,16,23,28H,3-5,8-11,13-15H2,1-2H3. The molecule has 2 aliphatic rings. The summed E-state index contributed by atoms with van der Waals surface area (Å²) in [6.07, 6.45) is 9.48. The molecule has 0 aromatic carbocycles. The van der Waals surface area contributed by atoms with Crippen LogP contribution in [-0.2, 0) is 26.4 Å². The van der Waals surface area contributed by atoms with E-state index in [-0.39, 0.29) is 11.9 Å². The van der Waals surface area contributed by atoms with Crippen molar-refractivity contribution in [3.8, 4) is 0 Å². The van der Waals surface area contributed by atoms with E-state index in [0.29, 0.717) is 18.8 Å². The first-order valence-electron chi connectivity index (χ1n) is 10.7. The molecule has 0 bridgehead atoms. The van der Waals surface area contributed by atoms with E-state index in [1.807, 2.05) is 23.9 Å². The molecule has 0 saturated heterocycles. The van der Waals surface area contributed by atoms with E-state index in [0.717, 1.165) is 62.0 Å². The van der Waals surface area contributed by atoms with Crippen molar-refractivity contribution >= 4 is 5.91 Å². The fourth-order valence-corrected chi connectivity index (χ4v) is 4.75. The monoisotopic (exact) mass is 400 g/mol. The molecule has 1 saturated carbocycles. The molecule has 2 N–H and O–H groups in total. The molecule has 7 heteroatoms. The number of aryl methyl sites for hydroxylation is 1. The predicted octanol–water partition coefficient (Wildman–Crippen LogP) is 2.43. The Bertz CT molecular complexity index is 837. The van der Waals surface area contributed by atoms with Crippen LogP contribution < -0.4 is 5.32 Å². The lowest BCUT2D eigenvalue weighted by Gasteiger charge is -2.34. The largest absolute Gasteiger partial charge is 0.467 e. The number of nitrogens with one attached hydrogen (secondary N) is 1. The molecule has 0 spiro atoms. The van der Waals surface area contributed by atoms with Crippen LogP contribution in [0.15, 0.2) is 22.8 Å². The summed E-state index contributed by atoms with van der Waals surface area (Å²) in [5.41, 5.74) is 2.16. The molecule has 1 fully saturated rings. The van der Waals surface area contributed by atoms with Crippen molar-refractivity contribution in [2.75, 3.05) is 13.6 Å². The molecule has 1 unspecified atom stereocenters. The van der Waals surface area contributed by atoms with Crippen LogP contribution in [0.5, 0.6) is 0 Å². The summed E-state index contributed by atoms with van der Waals surface area (Å²) in [6, 6.07) is 3.96. The van der Waals surface area contributed by atoms with Crippen molar-refractivity contribution in [3.63, 3.8) is 0 Å². The Labute approximate surface area is 172 Å². The van der Waals surface area contributed by atoms with Crippen molar-refractivity contribution < 1.29 is 14.3 Å². The maximum atomic E-state index is 13.1. The molecule has 7 nitrogen and oxygen atoms in total. The number of furan rings is 1. The van der Waals surface area contributed by atoms with Crippen molar-refractivity contribution in [2.45, 2.75) is 69.6 Å². The lowest BCUT2D eigenvalue weighted by molar-refractivity contribution is 0.00227. The van der Waals surface area contributed by atoms with E-state index < -0.39 is 5.60 Å². The molecule has 158 valence electrons. The number of amides is 1. The molecular weight excluding hydrogens is 368 g/mol. The molecule has 1 amide bonds. The van der Waals surface area contributed by atoms with Crippen LogP contribution in [-0.4, -0.2) is 50.9 Å². The first kappa shape index (κ1) is 20.2. The predicted molar refractivity (Wildman–Crippen MR) is 110 cm³/mol. The number of aromatic nitrogens is 2. The topological polar surface area (TPSA) is 83.5 Å². The van der Waals surface area contributed by atoms with E-state index in [4.69, 9.17) is 4.42 Å². The minimum atomic E-state index is -0.574. The maximum Gasteiger partial charge on any atom is 0.274 e. The number of fused-ring (bicyclic) bond motifs is 1. The van der Waals surface area contributed by atoms with Gasteiger partial charge in [0.25, 0.3) is 5.91 Å². The van der Waals surface area contributed by atoms with Gasteiger partial charge in [-0.3, -0.25) is 9.48 Å². The van der Waals surface area contributed by atoms with Crippen molar-refractivity contribution in [1.82, 2.24) is 20.0 Å². The number of carbonyl (C=O) groups is 1. The van der Waals surface area contributed by atoms with Gasteiger partial charge >= 0.3 is 0 Å². The van der Waals surface area contributed by atoms with Gasteiger partial charge in [0.2, 0.25) is 0 Å². The van der Waals surface area contributed by atoms with Gasteiger partial charge in [0, 0.05) is 37.9 Å². The highest BCUT2D eigenvalue weighted by Crippen LogP contribution is 2.29. The average molecular weight is 401 g/mol. The van der Waals surface area contributed by atoms with Gasteiger partial charge in [-0.2, -0.15) is 5.10 Å². The first-order chi connectivity index (χ1) is 14.0.